The van der Waals surface area contributed by atoms with Crippen molar-refractivity contribution in [3.8, 4) is 5.75 Å². The fraction of sp³-hybridized carbons (Fsp3) is 0.214. The Bertz CT molecular complexity index is 1610. The van der Waals surface area contributed by atoms with Crippen molar-refractivity contribution in [2.75, 3.05) is 7.11 Å². The summed E-state index contributed by atoms with van der Waals surface area (Å²) in [7, 11) is 1.56. The standard InChI is InChI=1S/C28H27N3O4/c1-17-8-6-11-22-27(17)21(16-29-22)18(2)30-23-12-4-5-13-24(23)31(28(30)34)25(15-26(32)33)19-9-7-10-20(14-19)35-3/h4-14,16,18,25,29H,15H2,1-3H3,(H,32,33). The first kappa shape index (κ1) is 22.5. The molecule has 2 aromatic heterocycles. The number of benzene rings is 3. The molecule has 5 aromatic rings. The van der Waals surface area contributed by atoms with Crippen molar-refractivity contribution in [3.63, 3.8) is 0 Å². The number of para-hydroxylation sites is 2. The minimum Gasteiger partial charge on any atom is -0.497 e. The highest BCUT2D eigenvalue weighted by Gasteiger charge is 2.27. The van der Waals surface area contributed by atoms with Crippen LogP contribution >= 0.6 is 0 Å². The van der Waals surface area contributed by atoms with E-state index in [1.165, 1.54) is 0 Å². The van der Waals surface area contributed by atoms with Gasteiger partial charge in [-0.15, -0.1) is 0 Å². The molecule has 0 aliphatic rings. The fourth-order valence-electron chi connectivity index (χ4n) is 5.11. The maximum atomic E-state index is 14.1. The molecule has 2 atom stereocenters. The lowest BCUT2D eigenvalue weighted by molar-refractivity contribution is -0.137. The van der Waals surface area contributed by atoms with Crippen LogP contribution in [0.2, 0.25) is 0 Å². The monoisotopic (exact) mass is 469 g/mol. The molecule has 2 N–H and O–H groups in total. The second-order valence-corrected chi connectivity index (χ2v) is 8.82. The van der Waals surface area contributed by atoms with Gasteiger partial charge in [0.05, 0.1) is 36.6 Å². The van der Waals surface area contributed by atoms with Crippen LogP contribution in [0.1, 0.15) is 42.1 Å². The molecule has 5 rings (SSSR count). The Labute approximate surface area is 202 Å². The van der Waals surface area contributed by atoms with Crippen LogP contribution in [0, 0.1) is 6.92 Å². The number of carboxylic acids is 1. The number of carbonyl (C=O) groups is 1. The number of H-pyrrole nitrogens is 1. The molecule has 0 fully saturated rings. The largest absolute Gasteiger partial charge is 0.497 e. The van der Waals surface area contributed by atoms with Gasteiger partial charge in [0.2, 0.25) is 0 Å². The molecule has 0 amide bonds. The normalized spacial score (nSPS) is 13.2. The summed E-state index contributed by atoms with van der Waals surface area (Å²) in [4.78, 5) is 29.3. The van der Waals surface area contributed by atoms with Crippen LogP contribution in [0.15, 0.2) is 77.7 Å². The van der Waals surface area contributed by atoms with Crippen LogP contribution in [0.3, 0.4) is 0 Å². The highest BCUT2D eigenvalue weighted by Crippen LogP contribution is 2.33. The van der Waals surface area contributed by atoms with E-state index in [2.05, 4.69) is 18.0 Å². The van der Waals surface area contributed by atoms with Crippen molar-refractivity contribution in [1.29, 1.82) is 0 Å². The Morgan fingerprint density at radius 2 is 1.74 bits per heavy atom. The van der Waals surface area contributed by atoms with Crippen molar-refractivity contribution in [1.82, 2.24) is 14.1 Å². The molecule has 0 bridgehead atoms. The number of nitrogens with one attached hydrogen (secondary N) is 1. The number of carboxylic acid groups (broad SMARTS) is 1. The van der Waals surface area contributed by atoms with Gasteiger partial charge in [-0.3, -0.25) is 13.9 Å². The third-order valence-corrected chi connectivity index (χ3v) is 6.75. The maximum absolute atomic E-state index is 14.1. The smallest absolute Gasteiger partial charge is 0.330 e. The number of ether oxygens (including phenoxy) is 1. The van der Waals surface area contributed by atoms with Gasteiger partial charge in [0.15, 0.2) is 0 Å². The predicted octanol–water partition coefficient (Wildman–Crippen LogP) is 5.27. The number of hydrogen-bond donors (Lipinski definition) is 2. The van der Waals surface area contributed by atoms with Crippen LogP contribution in [0.4, 0.5) is 0 Å². The van der Waals surface area contributed by atoms with E-state index in [-0.39, 0.29) is 18.2 Å². The van der Waals surface area contributed by atoms with Crippen molar-refractivity contribution in [2.24, 2.45) is 0 Å². The zero-order valence-electron chi connectivity index (χ0n) is 19.9. The molecule has 0 spiro atoms. The number of hydrogen-bond acceptors (Lipinski definition) is 3. The number of imidazole rings is 1. The van der Waals surface area contributed by atoms with Gasteiger partial charge in [-0.05, 0) is 55.3 Å². The summed E-state index contributed by atoms with van der Waals surface area (Å²) in [6.07, 6.45) is 1.72. The lowest BCUT2D eigenvalue weighted by Gasteiger charge is -2.18. The summed E-state index contributed by atoms with van der Waals surface area (Å²) >= 11 is 0. The molecule has 3 aromatic carbocycles. The molecule has 0 saturated carbocycles. The molecule has 2 unspecified atom stereocenters. The lowest BCUT2D eigenvalue weighted by atomic mass is 10.0. The van der Waals surface area contributed by atoms with Gasteiger partial charge < -0.3 is 14.8 Å². The SMILES string of the molecule is COc1cccc(C(CC(=O)O)n2c(=O)n(C(C)c3c[nH]c4cccc(C)c34)c3ccccc32)c1. The van der Waals surface area contributed by atoms with E-state index in [1.807, 2.05) is 61.7 Å². The summed E-state index contributed by atoms with van der Waals surface area (Å²) in [6.45, 7) is 4.06. The number of methoxy groups -OCH3 is 1. The predicted molar refractivity (Wildman–Crippen MR) is 136 cm³/mol. The van der Waals surface area contributed by atoms with E-state index in [9.17, 15) is 14.7 Å². The van der Waals surface area contributed by atoms with Crippen LogP contribution in [-0.2, 0) is 4.79 Å². The summed E-state index contributed by atoms with van der Waals surface area (Å²) in [5.74, 6) is -0.376. The van der Waals surface area contributed by atoms with Crippen LogP contribution < -0.4 is 10.4 Å². The van der Waals surface area contributed by atoms with Crippen molar-refractivity contribution in [3.05, 3.63) is 100 Å². The van der Waals surface area contributed by atoms with Gasteiger partial charge in [0.25, 0.3) is 0 Å². The molecule has 7 heteroatoms. The molecular weight excluding hydrogens is 442 g/mol. The molecule has 0 aliphatic heterocycles. The van der Waals surface area contributed by atoms with Crippen LogP contribution in [0.5, 0.6) is 5.75 Å². The molecule has 0 saturated heterocycles. The van der Waals surface area contributed by atoms with Gasteiger partial charge in [0.1, 0.15) is 5.75 Å². The highest BCUT2D eigenvalue weighted by atomic mass is 16.5. The zero-order chi connectivity index (χ0) is 24.7. The molecule has 35 heavy (non-hydrogen) atoms. The molecular formula is C28H27N3O4. The average molecular weight is 470 g/mol. The minimum absolute atomic E-state index is 0.234. The molecule has 0 aliphatic carbocycles. The average Bonchev–Trinajstić information content (AvgIpc) is 3.42. The highest BCUT2D eigenvalue weighted by molar-refractivity contribution is 5.87. The van der Waals surface area contributed by atoms with Gasteiger partial charge in [-0.2, -0.15) is 0 Å². The Balaban J connectivity index is 1.75. The molecule has 0 radical (unpaired) electrons. The fourth-order valence-corrected chi connectivity index (χ4v) is 5.11. The first-order valence-electron chi connectivity index (χ1n) is 11.5. The van der Waals surface area contributed by atoms with E-state index < -0.39 is 12.0 Å². The van der Waals surface area contributed by atoms with E-state index in [4.69, 9.17) is 4.74 Å². The summed E-state index contributed by atoms with van der Waals surface area (Å²) in [5, 5.41) is 10.8. The minimum atomic E-state index is -0.984. The number of fused-ring (bicyclic) bond motifs is 2. The van der Waals surface area contributed by atoms with E-state index in [0.717, 1.165) is 27.5 Å². The Morgan fingerprint density at radius 1 is 1.03 bits per heavy atom. The number of aryl methyl sites for hydroxylation is 1. The Hall–Kier alpha value is -4.26. The summed E-state index contributed by atoms with van der Waals surface area (Å²) in [5.41, 5.74) is 5.05. The third kappa shape index (κ3) is 3.79. The number of nitrogens with zero attached hydrogens (tertiary/aromatic N) is 2. The van der Waals surface area contributed by atoms with Gasteiger partial charge >= 0.3 is 11.7 Å². The third-order valence-electron chi connectivity index (χ3n) is 6.75. The lowest BCUT2D eigenvalue weighted by Crippen LogP contribution is -2.31. The van der Waals surface area contributed by atoms with E-state index in [0.29, 0.717) is 16.8 Å². The molecule has 2 heterocycles. The Morgan fingerprint density at radius 3 is 2.46 bits per heavy atom. The summed E-state index contributed by atoms with van der Waals surface area (Å²) in [6, 6.07) is 19.9. The van der Waals surface area contributed by atoms with Gasteiger partial charge in [0, 0.05) is 22.7 Å². The van der Waals surface area contributed by atoms with E-state index >= 15 is 0 Å². The summed E-state index contributed by atoms with van der Waals surface area (Å²) < 4.78 is 8.74. The first-order valence-corrected chi connectivity index (χ1v) is 11.5. The number of aliphatic carboxylic acids is 1. The maximum Gasteiger partial charge on any atom is 0.330 e. The van der Waals surface area contributed by atoms with Crippen molar-refractivity contribution >= 4 is 27.9 Å². The second-order valence-electron chi connectivity index (χ2n) is 8.82. The second kappa shape index (κ2) is 8.83. The van der Waals surface area contributed by atoms with Gasteiger partial charge in [-0.1, -0.05) is 36.4 Å². The zero-order valence-corrected chi connectivity index (χ0v) is 19.9. The van der Waals surface area contributed by atoms with Crippen LogP contribution in [-0.4, -0.2) is 32.3 Å². The van der Waals surface area contributed by atoms with Gasteiger partial charge in [-0.25, -0.2) is 4.79 Å². The number of rotatable bonds is 7. The first-order chi connectivity index (χ1) is 16.9. The Kier molecular flexibility index (Phi) is 5.68. The topological polar surface area (TPSA) is 89.2 Å². The van der Waals surface area contributed by atoms with Crippen molar-refractivity contribution in [2.45, 2.75) is 32.4 Å². The van der Waals surface area contributed by atoms with Crippen molar-refractivity contribution < 1.29 is 14.6 Å². The molecule has 178 valence electrons. The number of aromatic amines is 1. The molecule has 7 nitrogen and oxygen atoms in total. The van der Waals surface area contributed by atoms with Crippen LogP contribution in [0.25, 0.3) is 21.9 Å². The number of aromatic nitrogens is 3. The van der Waals surface area contributed by atoms with E-state index in [1.54, 1.807) is 28.4 Å². The quantitative estimate of drug-likeness (QED) is 0.340.